The predicted octanol–water partition coefficient (Wildman–Crippen LogP) is 3.40. The van der Waals surface area contributed by atoms with Crippen molar-refractivity contribution in [3.63, 3.8) is 0 Å². The first-order chi connectivity index (χ1) is 10.5. The Labute approximate surface area is 134 Å². The molecular formula is C16H21N3O2S. The molecule has 0 radical (unpaired) electrons. The number of carbonyl (C=O) groups excluding carboxylic acids is 1. The zero-order valence-electron chi connectivity index (χ0n) is 13.0. The van der Waals surface area contributed by atoms with Crippen LogP contribution < -0.4 is 10.6 Å². The van der Waals surface area contributed by atoms with Crippen molar-refractivity contribution in [1.82, 2.24) is 10.3 Å². The van der Waals surface area contributed by atoms with Gasteiger partial charge in [-0.05, 0) is 44.5 Å². The molecule has 1 heterocycles. The first-order valence-electron chi connectivity index (χ1n) is 7.18. The molecule has 0 aliphatic rings. The van der Waals surface area contributed by atoms with Gasteiger partial charge in [0.15, 0.2) is 0 Å². The number of hydrogen-bond donors (Lipinski definition) is 3. The van der Waals surface area contributed by atoms with E-state index in [-0.39, 0.29) is 12.6 Å². The highest BCUT2D eigenvalue weighted by molar-refractivity contribution is 7.13. The highest BCUT2D eigenvalue weighted by Crippen LogP contribution is 2.24. The molecule has 0 aliphatic carbocycles. The van der Waals surface area contributed by atoms with Gasteiger partial charge in [0.25, 0.3) is 0 Å². The molecule has 1 aromatic heterocycles. The fraction of sp³-hybridized carbons (Fsp3) is 0.375. The van der Waals surface area contributed by atoms with Crippen LogP contribution in [0.4, 0.5) is 10.5 Å². The van der Waals surface area contributed by atoms with E-state index in [0.29, 0.717) is 12.1 Å². The number of thiazole rings is 1. The van der Waals surface area contributed by atoms with Gasteiger partial charge >= 0.3 is 6.03 Å². The molecule has 2 rings (SSSR count). The summed E-state index contributed by atoms with van der Waals surface area (Å²) in [6, 6.07) is 7.22. The second-order valence-corrected chi connectivity index (χ2v) is 6.38. The summed E-state index contributed by atoms with van der Waals surface area (Å²) in [5.74, 6) is 0. The third kappa shape index (κ3) is 4.05. The number of benzene rings is 1. The van der Waals surface area contributed by atoms with Crippen LogP contribution in [0.2, 0.25) is 0 Å². The highest BCUT2D eigenvalue weighted by atomic mass is 32.1. The first-order valence-corrected chi connectivity index (χ1v) is 8.06. The minimum absolute atomic E-state index is 0.0980. The van der Waals surface area contributed by atoms with E-state index in [1.54, 1.807) is 18.3 Å². The van der Waals surface area contributed by atoms with E-state index in [2.05, 4.69) is 15.6 Å². The van der Waals surface area contributed by atoms with Crippen molar-refractivity contribution < 1.29 is 9.90 Å². The Morgan fingerprint density at radius 1 is 1.36 bits per heavy atom. The summed E-state index contributed by atoms with van der Waals surface area (Å²) in [7, 11) is 0. The van der Waals surface area contributed by atoms with E-state index < -0.39 is 5.54 Å². The Bertz CT molecular complexity index is 633. The Morgan fingerprint density at radius 2 is 2.05 bits per heavy atom. The van der Waals surface area contributed by atoms with Gasteiger partial charge in [0.1, 0.15) is 5.01 Å². The smallest absolute Gasteiger partial charge is 0.319 e. The zero-order valence-corrected chi connectivity index (χ0v) is 13.8. The average Bonchev–Trinajstić information content (AvgIpc) is 2.94. The number of anilines is 1. The van der Waals surface area contributed by atoms with Gasteiger partial charge in [-0.1, -0.05) is 6.92 Å². The molecule has 0 saturated carbocycles. The maximum atomic E-state index is 12.0. The molecule has 3 N–H and O–H groups in total. The summed E-state index contributed by atoms with van der Waals surface area (Å²) in [5.41, 5.74) is 2.12. The SMILES string of the molecule is CCC(C)(CO)NC(=O)Nc1ccc(-c2nc(C)cs2)cc1. The van der Waals surface area contributed by atoms with Gasteiger partial charge in [0.05, 0.1) is 12.1 Å². The number of nitrogens with one attached hydrogen (secondary N) is 2. The molecule has 22 heavy (non-hydrogen) atoms. The number of hydrogen-bond acceptors (Lipinski definition) is 4. The van der Waals surface area contributed by atoms with E-state index in [9.17, 15) is 9.90 Å². The number of urea groups is 1. The lowest BCUT2D eigenvalue weighted by Crippen LogP contribution is -2.50. The van der Waals surface area contributed by atoms with E-state index in [0.717, 1.165) is 16.3 Å². The number of rotatable bonds is 5. The van der Waals surface area contributed by atoms with Crippen LogP contribution in [0, 0.1) is 6.92 Å². The second kappa shape index (κ2) is 6.89. The molecule has 5 nitrogen and oxygen atoms in total. The molecule has 0 aliphatic heterocycles. The lowest BCUT2D eigenvalue weighted by molar-refractivity contribution is 0.172. The molecule has 0 spiro atoms. The van der Waals surface area contributed by atoms with Gasteiger partial charge in [0.2, 0.25) is 0 Å². The molecule has 0 saturated heterocycles. The highest BCUT2D eigenvalue weighted by Gasteiger charge is 2.23. The number of nitrogens with zero attached hydrogens (tertiary/aromatic N) is 1. The molecule has 6 heteroatoms. The molecule has 1 unspecified atom stereocenters. The average molecular weight is 319 g/mol. The molecule has 1 aromatic carbocycles. The monoisotopic (exact) mass is 319 g/mol. The third-order valence-corrected chi connectivity index (χ3v) is 4.56. The van der Waals surface area contributed by atoms with Crippen molar-refractivity contribution in [2.24, 2.45) is 0 Å². The predicted molar refractivity (Wildman–Crippen MR) is 90.2 cm³/mol. The van der Waals surface area contributed by atoms with Gasteiger partial charge in [-0.3, -0.25) is 0 Å². The summed E-state index contributed by atoms with van der Waals surface area (Å²) in [4.78, 5) is 16.4. The largest absolute Gasteiger partial charge is 0.394 e. The zero-order chi connectivity index (χ0) is 16.2. The minimum atomic E-state index is -0.609. The van der Waals surface area contributed by atoms with Crippen LogP contribution >= 0.6 is 11.3 Å². The van der Waals surface area contributed by atoms with Crippen molar-refractivity contribution in [2.45, 2.75) is 32.7 Å². The van der Waals surface area contributed by atoms with Crippen LogP contribution in [-0.4, -0.2) is 28.3 Å². The molecule has 2 amide bonds. The summed E-state index contributed by atoms with van der Waals surface area (Å²) >= 11 is 1.60. The quantitative estimate of drug-likeness (QED) is 0.790. The number of aliphatic hydroxyl groups is 1. The standard InChI is InChI=1S/C16H21N3O2S/c1-4-16(3,10-20)19-15(21)18-13-7-5-12(6-8-13)14-17-11(2)9-22-14/h5-9,20H,4,10H2,1-3H3,(H2,18,19,21). The Hall–Kier alpha value is -1.92. The first kappa shape index (κ1) is 16.5. The summed E-state index contributed by atoms with van der Waals surface area (Å²) in [5, 5.41) is 17.8. The molecule has 118 valence electrons. The molecule has 2 aromatic rings. The minimum Gasteiger partial charge on any atom is -0.394 e. The lowest BCUT2D eigenvalue weighted by atomic mass is 10.0. The molecular weight excluding hydrogens is 298 g/mol. The van der Waals surface area contributed by atoms with E-state index in [4.69, 9.17) is 0 Å². The van der Waals surface area contributed by atoms with Gasteiger partial charge in [-0.25, -0.2) is 9.78 Å². The van der Waals surface area contributed by atoms with Crippen molar-refractivity contribution in [3.8, 4) is 10.6 Å². The summed E-state index contributed by atoms with van der Waals surface area (Å²) in [6.07, 6.45) is 0.652. The maximum Gasteiger partial charge on any atom is 0.319 e. The molecule has 0 fully saturated rings. The van der Waals surface area contributed by atoms with Gasteiger partial charge in [-0.2, -0.15) is 0 Å². The fourth-order valence-corrected chi connectivity index (χ4v) is 2.66. The van der Waals surface area contributed by atoms with E-state index >= 15 is 0 Å². The van der Waals surface area contributed by atoms with Crippen LogP contribution in [0.5, 0.6) is 0 Å². The number of aromatic nitrogens is 1. The fourth-order valence-electron chi connectivity index (χ4n) is 1.86. The van der Waals surface area contributed by atoms with E-state index in [1.165, 1.54) is 0 Å². The van der Waals surface area contributed by atoms with Crippen molar-refractivity contribution in [2.75, 3.05) is 11.9 Å². The van der Waals surface area contributed by atoms with Gasteiger partial charge in [-0.15, -0.1) is 11.3 Å². The van der Waals surface area contributed by atoms with Crippen molar-refractivity contribution >= 4 is 23.1 Å². The molecule has 0 bridgehead atoms. The van der Waals surface area contributed by atoms with E-state index in [1.807, 2.05) is 43.5 Å². The molecule has 1 atom stereocenters. The number of aryl methyl sites for hydroxylation is 1. The van der Waals surface area contributed by atoms with Gasteiger partial charge < -0.3 is 15.7 Å². The second-order valence-electron chi connectivity index (χ2n) is 5.52. The number of aliphatic hydroxyl groups excluding tert-OH is 1. The Kier molecular flexibility index (Phi) is 5.15. The Balaban J connectivity index is 2.01. The number of carbonyl (C=O) groups is 1. The lowest BCUT2D eigenvalue weighted by Gasteiger charge is -2.27. The van der Waals surface area contributed by atoms with Crippen LogP contribution in [0.15, 0.2) is 29.6 Å². The third-order valence-electron chi connectivity index (χ3n) is 3.55. The summed E-state index contributed by atoms with van der Waals surface area (Å²) < 4.78 is 0. The maximum absolute atomic E-state index is 12.0. The van der Waals surface area contributed by atoms with Crippen LogP contribution in [0.3, 0.4) is 0 Å². The van der Waals surface area contributed by atoms with Crippen LogP contribution in [-0.2, 0) is 0 Å². The topological polar surface area (TPSA) is 74.2 Å². The van der Waals surface area contributed by atoms with Crippen molar-refractivity contribution in [3.05, 3.63) is 35.3 Å². The van der Waals surface area contributed by atoms with Gasteiger partial charge in [0, 0.05) is 22.3 Å². The number of amides is 2. The van der Waals surface area contributed by atoms with Crippen LogP contribution in [0.1, 0.15) is 26.0 Å². The van der Waals surface area contributed by atoms with Crippen LogP contribution in [0.25, 0.3) is 10.6 Å². The Morgan fingerprint density at radius 3 is 2.55 bits per heavy atom. The normalized spacial score (nSPS) is 13.5. The van der Waals surface area contributed by atoms with Crippen molar-refractivity contribution in [1.29, 1.82) is 0 Å². The summed E-state index contributed by atoms with van der Waals surface area (Å²) in [6.45, 7) is 5.59.